The molecule has 0 aliphatic carbocycles. The summed E-state index contributed by atoms with van der Waals surface area (Å²) in [6.07, 6.45) is 2.54. The second-order valence-corrected chi connectivity index (χ2v) is 7.14. The van der Waals surface area contributed by atoms with Gasteiger partial charge in [0.25, 0.3) is 5.91 Å². The molecular formula is C22H20ClN3O. The molecule has 0 spiro atoms. The molecule has 1 aromatic heterocycles. The molecule has 27 heavy (non-hydrogen) atoms. The molecule has 0 saturated heterocycles. The molecule has 1 aliphatic heterocycles. The summed E-state index contributed by atoms with van der Waals surface area (Å²) in [5, 5.41) is 3.96. The molecule has 3 aromatic rings. The van der Waals surface area contributed by atoms with E-state index < -0.39 is 0 Å². The fourth-order valence-corrected chi connectivity index (χ4v) is 3.70. The predicted molar refractivity (Wildman–Crippen MR) is 109 cm³/mol. The summed E-state index contributed by atoms with van der Waals surface area (Å²) in [6, 6.07) is 19.5. The van der Waals surface area contributed by atoms with E-state index in [1.54, 1.807) is 18.3 Å². The minimum Gasteiger partial charge on any atom is -0.366 e. The van der Waals surface area contributed by atoms with Crippen LogP contribution in [0.4, 0.5) is 11.5 Å². The Labute approximate surface area is 163 Å². The zero-order chi connectivity index (χ0) is 18.8. The average molecular weight is 378 g/mol. The van der Waals surface area contributed by atoms with Crippen LogP contribution in [0.1, 0.15) is 28.4 Å². The molecule has 0 bridgehead atoms. The largest absolute Gasteiger partial charge is 0.366 e. The summed E-state index contributed by atoms with van der Waals surface area (Å²) >= 11 is 6.20. The highest BCUT2D eigenvalue weighted by Gasteiger charge is 2.31. The number of nitrogens with one attached hydrogen (secondary N) is 1. The number of pyridine rings is 1. The quantitative estimate of drug-likeness (QED) is 0.700. The number of carbonyl (C=O) groups is 1. The van der Waals surface area contributed by atoms with E-state index in [0.717, 1.165) is 17.7 Å². The monoisotopic (exact) mass is 377 g/mol. The molecule has 1 N–H and O–H groups in total. The Morgan fingerprint density at radius 1 is 1.19 bits per heavy atom. The number of nitrogens with zero attached hydrogens (tertiary/aromatic N) is 2. The van der Waals surface area contributed by atoms with Gasteiger partial charge < -0.3 is 10.2 Å². The number of hydrogen-bond donors (Lipinski definition) is 1. The Hall–Kier alpha value is -2.85. The van der Waals surface area contributed by atoms with Crippen molar-refractivity contribution in [3.05, 3.63) is 88.6 Å². The number of fused-ring (bicyclic) bond motifs is 1. The van der Waals surface area contributed by atoms with E-state index in [0.29, 0.717) is 22.9 Å². The molecule has 4 nitrogen and oxygen atoms in total. The van der Waals surface area contributed by atoms with Crippen LogP contribution in [0.2, 0.25) is 5.02 Å². The van der Waals surface area contributed by atoms with Gasteiger partial charge >= 0.3 is 0 Å². The van der Waals surface area contributed by atoms with Gasteiger partial charge in [-0.1, -0.05) is 48.0 Å². The van der Waals surface area contributed by atoms with Crippen molar-refractivity contribution in [2.24, 2.45) is 0 Å². The molecule has 0 radical (unpaired) electrons. The van der Waals surface area contributed by atoms with Crippen LogP contribution >= 0.6 is 11.6 Å². The predicted octanol–water partition coefficient (Wildman–Crippen LogP) is 4.94. The Balaban J connectivity index is 1.54. The van der Waals surface area contributed by atoms with Crippen LogP contribution in [0.3, 0.4) is 0 Å². The fraction of sp³-hybridized carbons (Fsp3) is 0.182. The van der Waals surface area contributed by atoms with Crippen LogP contribution in [-0.4, -0.2) is 16.9 Å². The highest BCUT2D eigenvalue weighted by atomic mass is 35.5. The first-order chi connectivity index (χ1) is 13.1. The average Bonchev–Trinajstić information content (AvgIpc) is 3.02. The van der Waals surface area contributed by atoms with Crippen molar-refractivity contribution in [3.63, 3.8) is 0 Å². The number of halogens is 1. The molecule has 0 fully saturated rings. The molecule has 136 valence electrons. The number of benzene rings is 2. The van der Waals surface area contributed by atoms with E-state index in [9.17, 15) is 4.79 Å². The van der Waals surface area contributed by atoms with Crippen LogP contribution in [-0.2, 0) is 13.0 Å². The summed E-state index contributed by atoms with van der Waals surface area (Å²) in [4.78, 5) is 19.4. The van der Waals surface area contributed by atoms with Crippen LogP contribution in [0.15, 0.2) is 66.9 Å². The highest BCUT2D eigenvalue weighted by Crippen LogP contribution is 2.33. The molecule has 0 saturated carbocycles. The van der Waals surface area contributed by atoms with Gasteiger partial charge in [-0.15, -0.1) is 0 Å². The van der Waals surface area contributed by atoms with Crippen LogP contribution < -0.4 is 10.2 Å². The fourth-order valence-electron chi connectivity index (χ4n) is 3.50. The van der Waals surface area contributed by atoms with E-state index in [4.69, 9.17) is 11.6 Å². The SMILES string of the molecule is CC1Cc2ccccc2N1C(=O)c1ccnc(NCc2ccccc2Cl)c1. The first kappa shape index (κ1) is 17.6. The summed E-state index contributed by atoms with van der Waals surface area (Å²) in [5.74, 6) is 0.650. The molecular weight excluding hydrogens is 358 g/mol. The molecule has 2 heterocycles. The van der Waals surface area contributed by atoms with Crippen molar-refractivity contribution in [3.8, 4) is 0 Å². The van der Waals surface area contributed by atoms with E-state index in [1.165, 1.54) is 5.56 Å². The highest BCUT2D eigenvalue weighted by molar-refractivity contribution is 6.31. The van der Waals surface area contributed by atoms with Crippen molar-refractivity contribution < 1.29 is 4.79 Å². The number of para-hydroxylation sites is 1. The second-order valence-electron chi connectivity index (χ2n) is 6.73. The molecule has 1 amide bonds. The van der Waals surface area contributed by atoms with Crippen LogP contribution in [0, 0.1) is 0 Å². The van der Waals surface area contributed by atoms with E-state index in [2.05, 4.69) is 23.3 Å². The Morgan fingerprint density at radius 3 is 2.81 bits per heavy atom. The maximum Gasteiger partial charge on any atom is 0.258 e. The minimum atomic E-state index is -0.00403. The second kappa shape index (κ2) is 7.41. The third-order valence-electron chi connectivity index (χ3n) is 4.85. The first-order valence-electron chi connectivity index (χ1n) is 8.98. The summed E-state index contributed by atoms with van der Waals surface area (Å²) in [7, 11) is 0. The molecule has 1 atom stereocenters. The van der Waals surface area contributed by atoms with Gasteiger partial charge in [-0.25, -0.2) is 4.98 Å². The van der Waals surface area contributed by atoms with E-state index >= 15 is 0 Å². The van der Waals surface area contributed by atoms with Crippen LogP contribution in [0.5, 0.6) is 0 Å². The Morgan fingerprint density at radius 2 is 1.96 bits per heavy atom. The molecule has 2 aromatic carbocycles. The molecule has 1 unspecified atom stereocenters. The van der Waals surface area contributed by atoms with Crippen molar-refractivity contribution in [1.82, 2.24) is 4.98 Å². The van der Waals surface area contributed by atoms with Gasteiger partial charge in [-0.05, 0) is 48.7 Å². The minimum absolute atomic E-state index is 0.00403. The lowest BCUT2D eigenvalue weighted by atomic mass is 10.1. The van der Waals surface area contributed by atoms with Crippen molar-refractivity contribution in [1.29, 1.82) is 0 Å². The summed E-state index contributed by atoms with van der Waals surface area (Å²) in [6.45, 7) is 2.63. The third-order valence-corrected chi connectivity index (χ3v) is 5.22. The first-order valence-corrected chi connectivity index (χ1v) is 9.36. The smallest absolute Gasteiger partial charge is 0.258 e. The topological polar surface area (TPSA) is 45.2 Å². The Kier molecular flexibility index (Phi) is 4.82. The normalized spacial score (nSPS) is 15.5. The number of aromatic nitrogens is 1. The zero-order valence-corrected chi connectivity index (χ0v) is 15.8. The molecule has 5 heteroatoms. The standard InChI is InChI=1S/C22H20ClN3O/c1-15-12-16-6-3-5-9-20(16)26(15)22(27)17-10-11-24-21(13-17)25-14-18-7-2-4-8-19(18)23/h2-11,13,15H,12,14H2,1H3,(H,24,25). The maximum atomic E-state index is 13.1. The number of amides is 1. The van der Waals surface area contributed by atoms with Gasteiger partial charge in [0.1, 0.15) is 5.82 Å². The van der Waals surface area contributed by atoms with Gasteiger partial charge in [0.05, 0.1) is 0 Å². The molecule has 4 rings (SSSR count). The lowest BCUT2D eigenvalue weighted by Crippen LogP contribution is -2.35. The number of carbonyl (C=O) groups excluding carboxylic acids is 1. The van der Waals surface area contributed by atoms with Crippen LogP contribution in [0.25, 0.3) is 0 Å². The summed E-state index contributed by atoms with van der Waals surface area (Å²) in [5.41, 5.74) is 3.82. The Bertz CT molecular complexity index is 989. The van der Waals surface area contributed by atoms with Gasteiger partial charge in [-0.3, -0.25) is 4.79 Å². The maximum absolute atomic E-state index is 13.1. The van der Waals surface area contributed by atoms with Gasteiger partial charge in [0.2, 0.25) is 0 Å². The molecule has 1 aliphatic rings. The van der Waals surface area contributed by atoms with Gasteiger partial charge in [0.15, 0.2) is 0 Å². The van der Waals surface area contributed by atoms with Crippen molar-refractivity contribution >= 4 is 29.0 Å². The summed E-state index contributed by atoms with van der Waals surface area (Å²) < 4.78 is 0. The van der Waals surface area contributed by atoms with Gasteiger partial charge in [-0.2, -0.15) is 0 Å². The van der Waals surface area contributed by atoms with Crippen molar-refractivity contribution in [2.75, 3.05) is 10.2 Å². The van der Waals surface area contributed by atoms with E-state index in [1.807, 2.05) is 47.4 Å². The lowest BCUT2D eigenvalue weighted by Gasteiger charge is -2.23. The lowest BCUT2D eigenvalue weighted by molar-refractivity contribution is 0.0981. The van der Waals surface area contributed by atoms with Gasteiger partial charge in [0, 0.05) is 35.1 Å². The van der Waals surface area contributed by atoms with Crippen molar-refractivity contribution in [2.45, 2.75) is 25.9 Å². The number of anilines is 2. The van der Waals surface area contributed by atoms with E-state index in [-0.39, 0.29) is 11.9 Å². The zero-order valence-electron chi connectivity index (χ0n) is 15.0. The number of hydrogen-bond acceptors (Lipinski definition) is 3. The third kappa shape index (κ3) is 3.53. The number of rotatable bonds is 4.